The molecule has 7 rings (SSSR count). The summed E-state index contributed by atoms with van der Waals surface area (Å²) in [5.41, 5.74) is 9.77. The first-order chi connectivity index (χ1) is 25.3. The van der Waals surface area contributed by atoms with E-state index in [-0.39, 0.29) is 12.0 Å². The minimum atomic E-state index is -0.162. The first kappa shape index (κ1) is 35.0. The van der Waals surface area contributed by atoms with E-state index in [9.17, 15) is 5.11 Å². The molecule has 0 radical (unpaired) electrons. The molecule has 0 saturated carbocycles. The number of rotatable bonds is 13. The van der Waals surface area contributed by atoms with E-state index in [1.54, 1.807) is 0 Å². The molecule has 264 valence electrons. The monoisotopic (exact) mass is 687 g/mol. The number of unbranched alkanes of at least 4 members (excludes halogenated alkanes) is 3. The van der Waals surface area contributed by atoms with Gasteiger partial charge in [-0.15, -0.1) is 0 Å². The van der Waals surface area contributed by atoms with Crippen molar-refractivity contribution in [3.63, 3.8) is 0 Å². The Kier molecular flexibility index (Phi) is 10.2. The molecule has 1 aromatic heterocycles. The molecule has 2 heterocycles. The van der Waals surface area contributed by atoms with E-state index >= 15 is 0 Å². The van der Waals surface area contributed by atoms with Gasteiger partial charge in [-0.2, -0.15) is 4.58 Å². The molecule has 5 heteroatoms. The number of fused-ring (bicyclic) bond motifs is 1. The number of aliphatic hydroxyl groups is 1. The van der Waals surface area contributed by atoms with E-state index in [2.05, 4.69) is 194 Å². The molecule has 0 amide bonds. The Labute approximate surface area is 308 Å². The zero-order chi connectivity index (χ0) is 36.2. The molecule has 0 atom stereocenters. The number of para-hydroxylation sites is 2. The van der Waals surface area contributed by atoms with Crippen molar-refractivity contribution in [1.82, 2.24) is 4.57 Å². The number of aryl methyl sites for hydroxylation is 1. The SMILES string of the molecule is CN(c1ccccc1)c1ccc2c(c1)C(C)(C)C(/C=C/C=C/C=c1\c3cccc4c(N(C)c5ccccc5)ccc(c43)n1C)=[N+]2CCCCCCO. The van der Waals surface area contributed by atoms with Gasteiger partial charge in [0, 0.05) is 102 Å². The van der Waals surface area contributed by atoms with Crippen molar-refractivity contribution in [1.29, 1.82) is 0 Å². The molecule has 5 aromatic carbocycles. The fraction of sp³-hybridized carbons (Fsp3) is 0.255. The second-order valence-electron chi connectivity index (χ2n) is 14.5. The Balaban J connectivity index is 1.19. The third kappa shape index (κ3) is 6.57. The molecule has 1 aliphatic rings. The van der Waals surface area contributed by atoms with Crippen LogP contribution in [0.1, 0.15) is 45.1 Å². The van der Waals surface area contributed by atoms with Crippen LogP contribution in [0.4, 0.5) is 28.4 Å². The zero-order valence-electron chi connectivity index (χ0n) is 31.3. The predicted octanol–water partition coefficient (Wildman–Crippen LogP) is 10.1. The van der Waals surface area contributed by atoms with Crippen molar-refractivity contribution in [2.75, 3.05) is 37.0 Å². The summed E-state index contributed by atoms with van der Waals surface area (Å²) in [6.07, 6.45) is 15.2. The predicted molar refractivity (Wildman–Crippen MR) is 222 cm³/mol. The second kappa shape index (κ2) is 15.1. The number of aliphatic hydroxyl groups excluding tert-OH is 1. The Morgan fingerprint density at radius 1 is 0.692 bits per heavy atom. The van der Waals surface area contributed by atoms with E-state index in [4.69, 9.17) is 0 Å². The number of anilines is 4. The molecule has 1 N–H and O–H groups in total. The van der Waals surface area contributed by atoms with E-state index in [0.717, 1.165) is 32.2 Å². The summed E-state index contributed by atoms with van der Waals surface area (Å²) in [5.74, 6) is 0. The normalized spacial score (nSPS) is 14.5. The Morgan fingerprint density at radius 2 is 1.38 bits per heavy atom. The van der Waals surface area contributed by atoms with Crippen LogP contribution < -0.4 is 15.1 Å². The summed E-state index contributed by atoms with van der Waals surface area (Å²) in [5, 5.41) is 14.3. The van der Waals surface area contributed by atoms with Crippen LogP contribution in [-0.4, -0.2) is 47.2 Å². The molecule has 0 aliphatic carbocycles. The van der Waals surface area contributed by atoms with Crippen LogP contribution in [0.25, 0.3) is 27.8 Å². The molecular weight excluding hydrogens is 637 g/mol. The second-order valence-corrected chi connectivity index (χ2v) is 14.5. The Bertz CT molecular complexity index is 2330. The average Bonchev–Trinajstić information content (AvgIpc) is 3.57. The number of nitrogens with zero attached hydrogens (tertiary/aromatic N) is 4. The first-order valence-corrected chi connectivity index (χ1v) is 18.6. The molecule has 0 bridgehead atoms. The molecule has 52 heavy (non-hydrogen) atoms. The lowest BCUT2D eigenvalue weighted by Crippen LogP contribution is -2.28. The Morgan fingerprint density at radius 3 is 2.12 bits per heavy atom. The highest BCUT2D eigenvalue weighted by Crippen LogP contribution is 2.43. The van der Waals surface area contributed by atoms with Crippen LogP contribution in [0.15, 0.2) is 133 Å². The van der Waals surface area contributed by atoms with E-state index < -0.39 is 0 Å². The number of hydrogen-bond acceptors (Lipinski definition) is 3. The molecular formula is C47H51N4O+. The quantitative estimate of drug-likeness (QED) is 0.0746. The summed E-state index contributed by atoms with van der Waals surface area (Å²) < 4.78 is 4.83. The fourth-order valence-corrected chi connectivity index (χ4v) is 7.97. The van der Waals surface area contributed by atoms with Gasteiger partial charge in [-0.05, 0) is 81.3 Å². The van der Waals surface area contributed by atoms with Gasteiger partial charge in [0.25, 0.3) is 0 Å². The topological polar surface area (TPSA) is 34.6 Å². The van der Waals surface area contributed by atoms with Crippen LogP contribution in [-0.2, 0) is 12.5 Å². The lowest BCUT2D eigenvalue weighted by molar-refractivity contribution is -0.438. The van der Waals surface area contributed by atoms with Gasteiger partial charge >= 0.3 is 0 Å². The number of hydrogen-bond donors (Lipinski definition) is 1. The van der Waals surface area contributed by atoms with Crippen LogP contribution in [0.3, 0.4) is 0 Å². The van der Waals surface area contributed by atoms with Gasteiger partial charge in [-0.1, -0.05) is 79.2 Å². The van der Waals surface area contributed by atoms with Crippen LogP contribution in [0.2, 0.25) is 0 Å². The summed E-state index contributed by atoms with van der Waals surface area (Å²) in [4.78, 5) is 4.54. The summed E-state index contributed by atoms with van der Waals surface area (Å²) in [6, 6.07) is 39.2. The van der Waals surface area contributed by atoms with Crippen LogP contribution in [0.5, 0.6) is 0 Å². The fourth-order valence-electron chi connectivity index (χ4n) is 7.97. The molecule has 0 unspecified atom stereocenters. The van der Waals surface area contributed by atoms with Gasteiger partial charge in [0.2, 0.25) is 5.69 Å². The van der Waals surface area contributed by atoms with Crippen molar-refractivity contribution < 1.29 is 9.68 Å². The van der Waals surface area contributed by atoms with Gasteiger partial charge in [0.05, 0.1) is 5.41 Å². The summed E-state index contributed by atoms with van der Waals surface area (Å²) in [6.45, 7) is 5.93. The molecule has 1 aliphatic heterocycles. The van der Waals surface area contributed by atoms with Gasteiger partial charge in [0.1, 0.15) is 6.54 Å². The molecule has 0 fully saturated rings. The third-order valence-electron chi connectivity index (χ3n) is 10.9. The maximum absolute atomic E-state index is 9.31. The zero-order valence-corrected chi connectivity index (χ0v) is 31.3. The Hall–Kier alpha value is -5.39. The summed E-state index contributed by atoms with van der Waals surface area (Å²) >= 11 is 0. The standard InChI is InChI=1S/C47H51N4O/c1-47(2)40-34-37(48(3)35-20-11-8-12-21-35)28-29-43(40)51(32-17-6-7-18-33-52)45(47)27-16-10-15-26-41-38-24-19-25-39-42(30-31-44(46(38)39)50(41)5)49(4)36-22-13-9-14-23-36/h8-16,19-31,34,52H,6-7,17-18,32-33H2,1-5H3/q+1. The highest BCUT2D eigenvalue weighted by atomic mass is 16.2. The van der Waals surface area contributed by atoms with Gasteiger partial charge in [-0.3, -0.25) is 0 Å². The van der Waals surface area contributed by atoms with Crippen molar-refractivity contribution in [2.45, 2.75) is 44.9 Å². The van der Waals surface area contributed by atoms with E-state index in [1.807, 2.05) is 0 Å². The van der Waals surface area contributed by atoms with Crippen molar-refractivity contribution >= 4 is 61.9 Å². The van der Waals surface area contributed by atoms with E-state index in [0.29, 0.717) is 0 Å². The third-order valence-corrected chi connectivity index (χ3v) is 10.9. The van der Waals surface area contributed by atoms with Crippen LogP contribution >= 0.6 is 0 Å². The number of aromatic nitrogens is 1. The average molecular weight is 688 g/mol. The first-order valence-electron chi connectivity index (χ1n) is 18.6. The largest absolute Gasteiger partial charge is 0.396 e. The van der Waals surface area contributed by atoms with Gasteiger partial charge in [0.15, 0.2) is 5.71 Å². The highest BCUT2D eigenvalue weighted by Gasteiger charge is 2.44. The smallest absolute Gasteiger partial charge is 0.209 e. The van der Waals surface area contributed by atoms with Crippen molar-refractivity contribution in [2.24, 2.45) is 7.05 Å². The van der Waals surface area contributed by atoms with Crippen molar-refractivity contribution in [3.8, 4) is 0 Å². The van der Waals surface area contributed by atoms with Crippen molar-refractivity contribution in [3.05, 3.63) is 144 Å². The molecule has 5 nitrogen and oxygen atoms in total. The van der Waals surface area contributed by atoms with Gasteiger partial charge in [-0.25, -0.2) is 0 Å². The summed E-state index contributed by atoms with van der Waals surface area (Å²) in [7, 11) is 6.46. The lowest BCUT2D eigenvalue weighted by Gasteiger charge is -2.22. The maximum atomic E-state index is 9.31. The van der Waals surface area contributed by atoms with Gasteiger partial charge < -0.3 is 19.5 Å². The van der Waals surface area contributed by atoms with Crippen LogP contribution in [0, 0.1) is 0 Å². The molecule has 0 spiro atoms. The molecule has 0 saturated heterocycles. The van der Waals surface area contributed by atoms with E-state index in [1.165, 1.54) is 66.7 Å². The maximum Gasteiger partial charge on any atom is 0.209 e. The number of benzene rings is 5. The molecule has 6 aromatic rings. The highest BCUT2D eigenvalue weighted by molar-refractivity contribution is 6.15. The lowest BCUT2D eigenvalue weighted by atomic mass is 9.81. The minimum absolute atomic E-state index is 0.162. The minimum Gasteiger partial charge on any atom is -0.396 e. The number of allylic oxidation sites excluding steroid dienone is 4.